The monoisotopic (exact) mass is 643 g/mol. The first kappa shape index (κ1) is 31.0. The van der Waals surface area contributed by atoms with Crippen molar-refractivity contribution in [2.45, 2.75) is 65.0 Å². The normalized spacial score (nSPS) is 13.9. The van der Waals surface area contributed by atoms with Crippen molar-refractivity contribution in [1.29, 1.82) is 0 Å². The average Bonchev–Trinajstić information content (AvgIpc) is 3.72. The summed E-state index contributed by atoms with van der Waals surface area (Å²) in [6, 6.07) is 37.9. The third-order valence-electron chi connectivity index (χ3n) is 9.81. The highest BCUT2D eigenvalue weighted by molar-refractivity contribution is 7.22. The van der Waals surface area contributed by atoms with Gasteiger partial charge in [0.2, 0.25) is 0 Å². The van der Waals surface area contributed by atoms with E-state index in [-0.39, 0.29) is 5.04 Å². The van der Waals surface area contributed by atoms with Gasteiger partial charge in [-0.05, 0) is 82.4 Å². The number of aryl methyl sites for hydroxylation is 1. The molecule has 0 N–H and O–H groups in total. The number of benzene rings is 4. The van der Waals surface area contributed by atoms with Gasteiger partial charge in [-0.25, -0.2) is 0 Å². The van der Waals surface area contributed by atoms with E-state index in [0.29, 0.717) is 6.61 Å². The van der Waals surface area contributed by atoms with E-state index >= 15 is 0 Å². The van der Waals surface area contributed by atoms with Crippen molar-refractivity contribution in [3.05, 3.63) is 114 Å². The van der Waals surface area contributed by atoms with E-state index < -0.39 is 8.32 Å². The van der Waals surface area contributed by atoms with Crippen LogP contribution in [0.4, 0.5) is 0 Å². The summed E-state index contributed by atoms with van der Waals surface area (Å²) in [7, 11) is -0.850. The van der Waals surface area contributed by atoms with Gasteiger partial charge in [0.05, 0.1) is 17.7 Å². The fourth-order valence-electron chi connectivity index (χ4n) is 7.34. The van der Waals surface area contributed by atoms with Crippen LogP contribution in [0, 0.1) is 5.92 Å². The third-order valence-corrected chi connectivity index (χ3v) is 16.1. The molecule has 236 valence electrons. The Morgan fingerprint density at radius 2 is 1.50 bits per heavy atom. The fraction of sp³-hybridized carbons (Fsp3) is 0.317. The molecule has 1 aliphatic rings. The number of thiophene rings is 1. The molecule has 2 heterocycles. The molecule has 0 aliphatic heterocycles. The molecule has 0 bridgehead atoms. The molecule has 1 aliphatic carbocycles. The van der Waals surface area contributed by atoms with E-state index in [4.69, 9.17) is 9.16 Å². The Labute approximate surface area is 278 Å². The Kier molecular flexibility index (Phi) is 8.43. The number of rotatable bonds is 11. The Morgan fingerprint density at radius 3 is 2.11 bits per heavy atom. The first-order chi connectivity index (χ1) is 22.3. The lowest BCUT2D eigenvalue weighted by Gasteiger charge is -2.43. The molecule has 4 aromatic carbocycles. The number of ether oxygens (including phenoxy) is 1. The van der Waals surface area contributed by atoms with E-state index in [1.165, 1.54) is 65.9 Å². The Balaban J connectivity index is 1.37. The summed E-state index contributed by atoms with van der Waals surface area (Å²) in [6.45, 7) is 11.0. The highest BCUT2D eigenvalue weighted by atomic mass is 32.1. The van der Waals surface area contributed by atoms with Crippen LogP contribution in [0.15, 0.2) is 103 Å². The standard InChI is InChI=1S/C41H45NO2SSi/c1-6-29-25-37(43-5)39-34(23-24-44-46(41(2,3)4,32-16-9-7-10-17-32)33-18-11-8-12-19-33)40(45-38(39)26-29)36-27-31-15-13-14-20-35(31)42(36)28-30-21-22-30/h7-20,25-27,30H,6,21-24,28H2,1-5H3. The van der Waals surface area contributed by atoms with Crippen molar-refractivity contribution in [2.24, 2.45) is 5.92 Å². The van der Waals surface area contributed by atoms with Crippen LogP contribution in [0.5, 0.6) is 5.75 Å². The van der Waals surface area contributed by atoms with Crippen LogP contribution in [0.3, 0.4) is 0 Å². The largest absolute Gasteiger partial charge is 0.496 e. The minimum atomic E-state index is -2.67. The molecule has 0 amide bonds. The van der Waals surface area contributed by atoms with Gasteiger partial charge in [0, 0.05) is 34.1 Å². The Hall–Kier alpha value is -3.64. The molecular formula is C41H45NO2SSi. The summed E-state index contributed by atoms with van der Waals surface area (Å²) < 4.78 is 17.5. The summed E-state index contributed by atoms with van der Waals surface area (Å²) in [6.07, 6.45) is 4.44. The predicted molar refractivity (Wildman–Crippen MR) is 199 cm³/mol. The molecule has 3 nitrogen and oxygen atoms in total. The molecule has 0 unspecified atom stereocenters. The molecule has 0 atom stereocenters. The molecule has 46 heavy (non-hydrogen) atoms. The van der Waals surface area contributed by atoms with E-state index in [2.05, 4.69) is 135 Å². The van der Waals surface area contributed by atoms with Gasteiger partial charge in [0.15, 0.2) is 0 Å². The Bertz CT molecular complexity index is 1930. The molecule has 1 fully saturated rings. The van der Waals surface area contributed by atoms with Gasteiger partial charge in [-0.3, -0.25) is 0 Å². The minimum absolute atomic E-state index is 0.0698. The zero-order chi connectivity index (χ0) is 31.9. The van der Waals surface area contributed by atoms with Crippen molar-refractivity contribution in [2.75, 3.05) is 13.7 Å². The quantitative estimate of drug-likeness (QED) is 0.131. The van der Waals surface area contributed by atoms with Crippen molar-refractivity contribution in [3.63, 3.8) is 0 Å². The molecule has 2 aromatic heterocycles. The minimum Gasteiger partial charge on any atom is -0.496 e. The van der Waals surface area contributed by atoms with Gasteiger partial charge >= 0.3 is 0 Å². The second-order valence-electron chi connectivity index (χ2n) is 13.8. The van der Waals surface area contributed by atoms with E-state index in [1.54, 1.807) is 0 Å². The number of hydrogen-bond donors (Lipinski definition) is 0. The number of fused-ring (bicyclic) bond motifs is 2. The first-order valence-electron chi connectivity index (χ1n) is 16.8. The number of para-hydroxylation sites is 1. The van der Waals surface area contributed by atoms with Gasteiger partial charge < -0.3 is 13.7 Å². The highest BCUT2D eigenvalue weighted by Gasteiger charge is 2.50. The number of nitrogens with zero attached hydrogens (tertiary/aromatic N) is 1. The van der Waals surface area contributed by atoms with Crippen LogP contribution < -0.4 is 15.1 Å². The van der Waals surface area contributed by atoms with Crippen molar-refractivity contribution in [1.82, 2.24) is 4.57 Å². The molecule has 0 saturated heterocycles. The number of aromatic nitrogens is 1. The third kappa shape index (κ3) is 5.53. The molecule has 0 spiro atoms. The molecule has 5 heteroatoms. The number of hydrogen-bond acceptors (Lipinski definition) is 3. The zero-order valence-corrected chi connectivity index (χ0v) is 29.6. The van der Waals surface area contributed by atoms with Gasteiger partial charge in [0.1, 0.15) is 5.75 Å². The lowest BCUT2D eigenvalue weighted by atomic mass is 10.0. The summed E-state index contributed by atoms with van der Waals surface area (Å²) in [4.78, 5) is 1.35. The second kappa shape index (κ2) is 12.5. The topological polar surface area (TPSA) is 23.4 Å². The van der Waals surface area contributed by atoms with Crippen molar-refractivity contribution < 1.29 is 9.16 Å². The van der Waals surface area contributed by atoms with E-state index in [9.17, 15) is 0 Å². The van der Waals surface area contributed by atoms with Crippen LogP contribution in [-0.4, -0.2) is 26.6 Å². The van der Waals surface area contributed by atoms with Crippen LogP contribution in [0.2, 0.25) is 5.04 Å². The maximum Gasteiger partial charge on any atom is 0.261 e. The highest BCUT2D eigenvalue weighted by Crippen LogP contribution is 2.46. The van der Waals surface area contributed by atoms with Gasteiger partial charge in [-0.2, -0.15) is 0 Å². The summed E-state index contributed by atoms with van der Waals surface area (Å²) in [5, 5.41) is 5.12. The van der Waals surface area contributed by atoms with Crippen LogP contribution in [-0.2, 0) is 23.8 Å². The second-order valence-corrected chi connectivity index (χ2v) is 19.2. The summed E-state index contributed by atoms with van der Waals surface area (Å²) in [5.41, 5.74) is 5.32. The molecule has 1 saturated carbocycles. The van der Waals surface area contributed by atoms with Crippen LogP contribution in [0.1, 0.15) is 51.7 Å². The van der Waals surface area contributed by atoms with E-state index in [1.807, 2.05) is 18.4 Å². The molecule has 6 aromatic rings. The lowest BCUT2D eigenvalue weighted by Crippen LogP contribution is -2.66. The molecular weight excluding hydrogens is 599 g/mol. The maximum atomic E-state index is 7.46. The van der Waals surface area contributed by atoms with Gasteiger partial charge in [-0.15, -0.1) is 11.3 Å². The predicted octanol–water partition coefficient (Wildman–Crippen LogP) is 9.62. The smallest absolute Gasteiger partial charge is 0.261 e. The summed E-state index contributed by atoms with van der Waals surface area (Å²) >= 11 is 1.92. The van der Waals surface area contributed by atoms with Crippen LogP contribution in [0.25, 0.3) is 31.6 Å². The number of methoxy groups -OCH3 is 1. The zero-order valence-electron chi connectivity index (χ0n) is 27.8. The van der Waals surface area contributed by atoms with Gasteiger partial charge in [-0.1, -0.05) is 107 Å². The van der Waals surface area contributed by atoms with E-state index in [0.717, 1.165) is 31.1 Å². The molecule has 0 radical (unpaired) electrons. The molecule has 7 rings (SSSR count). The van der Waals surface area contributed by atoms with Crippen molar-refractivity contribution >= 4 is 51.0 Å². The Morgan fingerprint density at radius 1 is 0.848 bits per heavy atom. The lowest BCUT2D eigenvalue weighted by molar-refractivity contribution is 0.302. The average molecular weight is 644 g/mol. The van der Waals surface area contributed by atoms with Crippen molar-refractivity contribution in [3.8, 4) is 16.3 Å². The fourth-order valence-corrected chi connectivity index (χ4v) is 13.3. The maximum absolute atomic E-state index is 7.46. The summed E-state index contributed by atoms with van der Waals surface area (Å²) in [5.74, 6) is 1.74. The SMILES string of the molecule is CCc1cc(OC)c2c(CCO[Si](c3ccccc3)(c3ccccc3)C(C)(C)C)c(-c3cc4ccccc4n3CC3CC3)sc2c1. The van der Waals surface area contributed by atoms with Crippen LogP contribution >= 0.6 is 11.3 Å². The van der Waals surface area contributed by atoms with Gasteiger partial charge in [0.25, 0.3) is 8.32 Å². The first-order valence-corrected chi connectivity index (χ1v) is 19.5.